The summed E-state index contributed by atoms with van der Waals surface area (Å²) >= 11 is 0. The van der Waals surface area contributed by atoms with E-state index in [1.807, 2.05) is 0 Å². The monoisotopic (exact) mass is 231 g/mol. The fourth-order valence-corrected chi connectivity index (χ4v) is 1.05. The van der Waals surface area contributed by atoms with Crippen molar-refractivity contribution in [3.8, 4) is 0 Å². The number of ether oxygens (including phenoxy) is 1. The van der Waals surface area contributed by atoms with Gasteiger partial charge in [0.15, 0.2) is 0 Å². The van der Waals surface area contributed by atoms with Crippen LogP contribution in [0, 0.1) is 0 Å². The van der Waals surface area contributed by atoms with Crippen LogP contribution in [0.2, 0.25) is 0 Å². The van der Waals surface area contributed by atoms with Gasteiger partial charge in [-0.1, -0.05) is 6.58 Å². The van der Waals surface area contributed by atoms with Gasteiger partial charge in [-0.2, -0.15) is 0 Å². The molecule has 0 aliphatic heterocycles. The highest BCUT2D eigenvalue weighted by atomic mass is 16.6. The number of amides is 1. The van der Waals surface area contributed by atoms with Crippen molar-refractivity contribution in [3.05, 3.63) is 12.3 Å². The SMILES string of the molecule is C=C(O)C(O)C(C)(C)NC(=O)OC(C)(C)C. The maximum atomic E-state index is 11.4. The summed E-state index contributed by atoms with van der Waals surface area (Å²) in [6.45, 7) is 11.5. The van der Waals surface area contributed by atoms with E-state index in [2.05, 4.69) is 11.9 Å². The van der Waals surface area contributed by atoms with E-state index in [4.69, 9.17) is 9.84 Å². The average Bonchev–Trinajstić information content (AvgIpc) is 1.97. The average molecular weight is 231 g/mol. The molecule has 16 heavy (non-hydrogen) atoms. The molecule has 3 N–H and O–H groups in total. The summed E-state index contributed by atoms with van der Waals surface area (Å²) < 4.78 is 5.03. The maximum Gasteiger partial charge on any atom is 0.408 e. The summed E-state index contributed by atoms with van der Waals surface area (Å²) in [6, 6.07) is 0. The molecule has 0 radical (unpaired) electrons. The van der Waals surface area contributed by atoms with Gasteiger partial charge in [-0.3, -0.25) is 0 Å². The fourth-order valence-electron chi connectivity index (χ4n) is 1.05. The lowest BCUT2D eigenvalue weighted by Crippen LogP contribution is -2.53. The first kappa shape index (κ1) is 14.8. The number of carbonyl (C=O) groups excluding carboxylic acids is 1. The molecule has 0 aromatic rings. The molecular weight excluding hydrogens is 210 g/mol. The summed E-state index contributed by atoms with van der Waals surface area (Å²) in [4.78, 5) is 11.4. The first-order valence-corrected chi connectivity index (χ1v) is 5.03. The largest absolute Gasteiger partial charge is 0.510 e. The summed E-state index contributed by atoms with van der Waals surface area (Å²) in [5.41, 5.74) is -1.66. The number of nitrogens with one attached hydrogen (secondary N) is 1. The van der Waals surface area contributed by atoms with E-state index in [0.29, 0.717) is 0 Å². The second-order valence-corrected chi connectivity index (χ2v) is 5.24. The van der Waals surface area contributed by atoms with Gasteiger partial charge >= 0.3 is 6.09 Å². The van der Waals surface area contributed by atoms with E-state index in [1.54, 1.807) is 34.6 Å². The van der Waals surface area contributed by atoms with Crippen LogP contribution in [-0.2, 0) is 4.74 Å². The molecule has 0 aliphatic carbocycles. The van der Waals surface area contributed by atoms with Gasteiger partial charge in [0.2, 0.25) is 0 Å². The van der Waals surface area contributed by atoms with Crippen LogP contribution < -0.4 is 5.32 Å². The van der Waals surface area contributed by atoms with Crippen LogP contribution in [0.4, 0.5) is 4.79 Å². The van der Waals surface area contributed by atoms with Crippen LogP contribution in [-0.4, -0.2) is 33.6 Å². The van der Waals surface area contributed by atoms with Crippen LogP contribution in [0.25, 0.3) is 0 Å². The molecule has 0 aromatic carbocycles. The summed E-state index contributed by atoms with van der Waals surface area (Å²) in [5.74, 6) is -0.402. The zero-order valence-corrected chi connectivity index (χ0v) is 10.5. The van der Waals surface area contributed by atoms with Crippen molar-refractivity contribution in [1.29, 1.82) is 0 Å². The highest BCUT2D eigenvalue weighted by molar-refractivity contribution is 5.68. The first-order valence-electron chi connectivity index (χ1n) is 5.03. The molecule has 0 saturated heterocycles. The Morgan fingerprint density at radius 3 is 2.06 bits per heavy atom. The van der Waals surface area contributed by atoms with Crippen molar-refractivity contribution in [2.24, 2.45) is 0 Å². The summed E-state index contributed by atoms with van der Waals surface area (Å²) in [7, 11) is 0. The van der Waals surface area contributed by atoms with Gasteiger partial charge in [0.25, 0.3) is 0 Å². The van der Waals surface area contributed by atoms with E-state index in [0.717, 1.165) is 0 Å². The van der Waals surface area contributed by atoms with Crippen molar-refractivity contribution < 1.29 is 19.7 Å². The zero-order valence-electron chi connectivity index (χ0n) is 10.5. The normalized spacial score (nSPS) is 14.1. The number of rotatable bonds is 3. The summed E-state index contributed by atoms with van der Waals surface area (Å²) in [5, 5.41) is 21.1. The maximum absolute atomic E-state index is 11.4. The number of hydrogen-bond acceptors (Lipinski definition) is 4. The fraction of sp³-hybridized carbons (Fsp3) is 0.727. The van der Waals surface area contributed by atoms with E-state index < -0.39 is 29.1 Å². The predicted octanol–water partition coefficient (Wildman–Crippen LogP) is 1.72. The van der Waals surface area contributed by atoms with E-state index >= 15 is 0 Å². The van der Waals surface area contributed by atoms with Crippen LogP contribution in [0.3, 0.4) is 0 Å². The Labute approximate surface area is 96.1 Å². The van der Waals surface area contributed by atoms with Crippen LogP contribution >= 0.6 is 0 Å². The van der Waals surface area contributed by atoms with E-state index in [-0.39, 0.29) is 0 Å². The Bertz CT molecular complexity index is 278. The number of aliphatic hydroxyl groups is 2. The Hall–Kier alpha value is -1.23. The van der Waals surface area contributed by atoms with Gasteiger partial charge in [0.1, 0.15) is 17.5 Å². The highest BCUT2D eigenvalue weighted by Gasteiger charge is 2.33. The Morgan fingerprint density at radius 2 is 1.75 bits per heavy atom. The molecule has 1 atom stereocenters. The molecule has 1 unspecified atom stereocenters. The van der Waals surface area contributed by atoms with E-state index in [1.165, 1.54) is 0 Å². The molecule has 0 fully saturated rings. The molecule has 0 rings (SSSR count). The minimum atomic E-state index is -1.25. The Kier molecular flexibility index (Phi) is 4.37. The standard InChI is InChI=1S/C11H21NO4/c1-7(13)8(14)11(5,6)12-9(15)16-10(2,3)4/h8,13-14H,1H2,2-6H3,(H,12,15). The van der Waals surface area contributed by atoms with Gasteiger partial charge in [-0.05, 0) is 34.6 Å². The van der Waals surface area contributed by atoms with E-state index in [9.17, 15) is 9.90 Å². The minimum absolute atomic E-state index is 0.402. The zero-order chi connectivity index (χ0) is 13.1. The number of aliphatic hydroxyl groups excluding tert-OH is 2. The van der Waals surface area contributed by atoms with Crippen molar-refractivity contribution in [3.63, 3.8) is 0 Å². The van der Waals surface area contributed by atoms with Crippen LogP contribution in [0.5, 0.6) is 0 Å². The predicted molar refractivity (Wildman–Crippen MR) is 61.2 cm³/mol. The second-order valence-electron chi connectivity index (χ2n) is 5.24. The van der Waals surface area contributed by atoms with Crippen molar-refractivity contribution in [1.82, 2.24) is 5.32 Å². The van der Waals surface area contributed by atoms with Crippen molar-refractivity contribution in [2.45, 2.75) is 51.9 Å². The first-order chi connectivity index (χ1) is 6.96. The lowest BCUT2D eigenvalue weighted by atomic mass is 9.96. The molecule has 5 nitrogen and oxygen atoms in total. The molecule has 1 amide bonds. The van der Waals surface area contributed by atoms with Crippen molar-refractivity contribution in [2.75, 3.05) is 0 Å². The smallest absolute Gasteiger partial charge is 0.408 e. The number of carbonyl (C=O) groups is 1. The van der Waals surface area contributed by atoms with Gasteiger partial charge in [0.05, 0.1) is 5.54 Å². The molecule has 5 heteroatoms. The molecular formula is C11H21NO4. The molecule has 0 aliphatic rings. The number of alkyl carbamates (subject to hydrolysis) is 1. The third-order valence-corrected chi connectivity index (χ3v) is 1.82. The van der Waals surface area contributed by atoms with Gasteiger partial charge in [-0.15, -0.1) is 0 Å². The molecule has 0 bridgehead atoms. The lowest BCUT2D eigenvalue weighted by molar-refractivity contribution is 0.0291. The molecule has 0 spiro atoms. The van der Waals surface area contributed by atoms with Crippen molar-refractivity contribution >= 4 is 6.09 Å². The lowest BCUT2D eigenvalue weighted by Gasteiger charge is -2.32. The third-order valence-electron chi connectivity index (χ3n) is 1.82. The van der Waals surface area contributed by atoms with Gasteiger partial charge in [0, 0.05) is 0 Å². The Balaban J connectivity index is 4.48. The van der Waals surface area contributed by atoms with Crippen LogP contribution in [0.15, 0.2) is 12.3 Å². The molecule has 94 valence electrons. The number of hydrogen-bond donors (Lipinski definition) is 3. The third kappa shape index (κ3) is 5.02. The highest BCUT2D eigenvalue weighted by Crippen LogP contribution is 2.15. The quantitative estimate of drug-likeness (QED) is 0.646. The second kappa shape index (κ2) is 4.74. The molecule has 0 aromatic heterocycles. The molecule has 0 heterocycles. The Morgan fingerprint density at radius 1 is 1.31 bits per heavy atom. The molecule has 0 saturated carbocycles. The van der Waals surface area contributed by atoms with Crippen LogP contribution in [0.1, 0.15) is 34.6 Å². The minimum Gasteiger partial charge on any atom is -0.510 e. The topological polar surface area (TPSA) is 78.8 Å². The summed E-state index contributed by atoms with van der Waals surface area (Å²) in [6.07, 6.45) is -1.90. The van der Waals surface area contributed by atoms with Gasteiger partial charge < -0.3 is 20.3 Å². The van der Waals surface area contributed by atoms with Gasteiger partial charge in [-0.25, -0.2) is 4.79 Å².